The lowest BCUT2D eigenvalue weighted by atomic mass is 9.62. The predicted octanol–water partition coefficient (Wildman–Crippen LogP) is -2.23. The molecule has 12 atom stereocenters. The van der Waals surface area contributed by atoms with Gasteiger partial charge in [-0.25, -0.2) is 0 Å². The summed E-state index contributed by atoms with van der Waals surface area (Å²) in [5.74, 6) is -0.718. The predicted molar refractivity (Wildman–Crippen MR) is 146 cm³/mol. The lowest BCUT2D eigenvalue weighted by Gasteiger charge is -2.54. The maximum absolute atomic E-state index is 12.8. The second-order valence-electron chi connectivity index (χ2n) is 11.9. The fourth-order valence-corrected chi connectivity index (χ4v) is 6.72. The molecule has 2 heterocycles. The van der Waals surface area contributed by atoms with Gasteiger partial charge in [-0.2, -0.15) is 0 Å². The van der Waals surface area contributed by atoms with E-state index >= 15 is 0 Å². The first kappa shape index (κ1) is 32.2. The third-order valence-electron chi connectivity index (χ3n) is 8.78. The number of ether oxygens (including phenoxy) is 2. The number of nitrogens with one attached hydrogen (secondary N) is 3. The minimum absolute atomic E-state index is 0.0547. The average molecular weight is 558 g/mol. The molecule has 1 aliphatic carbocycles. The molecule has 2 aliphatic heterocycles. The number of carbonyl (C=O) groups excluding carboxylic acids is 1. The Morgan fingerprint density at radius 3 is 2.51 bits per heavy atom. The third kappa shape index (κ3) is 7.30. The van der Waals surface area contributed by atoms with Gasteiger partial charge in [-0.1, -0.05) is 13.8 Å². The van der Waals surface area contributed by atoms with Crippen LogP contribution in [0, 0.1) is 23.7 Å². The maximum Gasteiger partial charge on any atom is 0.249 e. The van der Waals surface area contributed by atoms with Crippen LogP contribution in [0.5, 0.6) is 0 Å². The summed E-state index contributed by atoms with van der Waals surface area (Å²) in [7, 11) is 1.65. The fraction of sp³-hybridized carbons (Fsp3) is 0.889. The molecule has 1 amide bonds. The number of carbonyl (C=O) groups is 1. The van der Waals surface area contributed by atoms with Gasteiger partial charge >= 0.3 is 0 Å². The molecule has 11 N–H and O–H groups in total. The number of likely N-dealkylation sites (N-methyl/N-ethyl adjacent to an activating group) is 1. The largest absolute Gasteiger partial charge is 0.493 e. The van der Waals surface area contributed by atoms with Crippen LogP contribution in [-0.4, -0.2) is 114 Å². The summed E-state index contributed by atoms with van der Waals surface area (Å²) in [5.41, 5.74) is 9.81. The molecule has 12 unspecified atom stereocenters. The van der Waals surface area contributed by atoms with E-state index < -0.39 is 53.9 Å². The van der Waals surface area contributed by atoms with Crippen molar-refractivity contribution in [2.24, 2.45) is 35.1 Å². The molecule has 12 nitrogen and oxygen atoms in total. The summed E-state index contributed by atoms with van der Waals surface area (Å²) in [6, 6.07) is -1.31. The zero-order chi connectivity index (χ0) is 28.9. The SMILES string of the molecule is CNC1C(O)C(C2C(NC(=O)C(O)CCN)CC(C)C(C3OC(CNCCN)=CCC3C)C2O)OCC1(C)O. The van der Waals surface area contributed by atoms with Crippen molar-refractivity contribution in [3.05, 3.63) is 11.8 Å². The number of allylic oxidation sites excluding steroid dienone is 1. The van der Waals surface area contributed by atoms with Gasteiger partial charge in [0.05, 0.1) is 37.5 Å². The van der Waals surface area contributed by atoms with Crippen LogP contribution in [0.25, 0.3) is 0 Å². The van der Waals surface area contributed by atoms with Gasteiger partial charge in [0.2, 0.25) is 5.91 Å². The average Bonchev–Trinajstić information content (AvgIpc) is 2.87. The molecule has 1 saturated heterocycles. The Morgan fingerprint density at radius 2 is 1.87 bits per heavy atom. The molecule has 0 aromatic rings. The second-order valence-corrected chi connectivity index (χ2v) is 11.9. The Kier molecular flexibility index (Phi) is 11.6. The molecule has 0 spiro atoms. The van der Waals surface area contributed by atoms with E-state index in [0.717, 1.165) is 12.2 Å². The first-order valence-corrected chi connectivity index (χ1v) is 14.3. The van der Waals surface area contributed by atoms with E-state index in [1.54, 1.807) is 14.0 Å². The van der Waals surface area contributed by atoms with Gasteiger partial charge in [0.15, 0.2) is 0 Å². The highest BCUT2D eigenvalue weighted by Gasteiger charge is 2.56. The van der Waals surface area contributed by atoms with Crippen LogP contribution < -0.4 is 27.4 Å². The van der Waals surface area contributed by atoms with Crippen LogP contribution in [0.15, 0.2) is 11.8 Å². The van der Waals surface area contributed by atoms with E-state index in [1.165, 1.54) is 0 Å². The highest BCUT2D eigenvalue weighted by molar-refractivity contribution is 5.80. The Balaban J connectivity index is 1.90. The number of hydrogen-bond acceptors (Lipinski definition) is 11. The molecule has 39 heavy (non-hydrogen) atoms. The summed E-state index contributed by atoms with van der Waals surface area (Å²) >= 11 is 0. The van der Waals surface area contributed by atoms with Gasteiger partial charge in [-0.3, -0.25) is 4.79 Å². The molecule has 0 aromatic heterocycles. The van der Waals surface area contributed by atoms with Crippen LogP contribution in [0.2, 0.25) is 0 Å². The van der Waals surface area contributed by atoms with Gasteiger partial charge in [0.25, 0.3) is 0 Å². The van der Waals surface area contributed by atoms with E-state index in [2.05, 4.69) is 29.0 Å². The number of amides is 1. The first-order valence-electron chi connectivity index (χ1n) is 14.3. The van der Waals surface area contributed by atoms with Gasteiger partial charge in [-0.15, -0.1) is 0 Å². The summed E-state index contributed by atoms with van der Waals surface area (Å²) in [6.07, 6.45) is -1.17. The molecule has 12 heteroatoms. The minimum atomic E-state index is -1.33. The van der Waals surface area contributed by atoms with Crippen LogP contribution in [0.3, 0.4) is 0 Å². The maximum atomic E-state index is 12.8. The standard InChI is InChI=1S/C27H51N5O7/c1-14-5-6-16(12-31-10-9-29)39-23(14)19-15(2)11-17(32-26(36)18(33)7-8-28)20(21(19)34)24-22(35)25(30-4)27(3,37)13-38-24/h6,14-15,17-25,30-31,33-35,37H,5,7-13,28-29H2,1-4H3,(H,32,36). The monoisotopic (exact) mass is 557 g/mol. The Morgan fingerprint density at radius 1 is 1.15 bits per heavy atom. The first-order chi connectivity index (χ1) is 18.5. The zero-order valence-electron chi connectivity index (χ0n) is 23.8. The van der Waals surface area contributed by atoms with E-state index in [1.807, 2.05) is 6.92 Å². The fourth-order valence-electron chi connectivity index (χ4n) is 6.72. The van der Waals surface area contributed by atoms with Crippen LogP contribution in [0.1, 0.15) is 40.0 Å². The summed E-state index contributed by atoms with van der Waals surface area (Å²) in [4.78, 5) is 12.8. The van der Waals surface area contributed by atoms with Crippen molar-refractivity contribution in [1.82, 2.24) is 16.0 Å². The Hall–Kier alpha value is -1.35. The third-order valence-corrected chi connectivity index (χ3v) is 8.78. The number of aliphatic hydroxyl groups is 4. The zero-order valence-corrected chi connectivity index (χ0v) is 23.8. The van der Waals surface area contributed by atoms with Crippen LogP contribution >= 0.6 is 0 Å². The topological polar surface area (TPSA) is 205 Å². The van der Waals surface area contributed by atoms with Gasteiger partial charge in [0, 0.05) is 31.0 Å². The van der Waals surface area contributed by atoms with Crippen molar-refractivity contribution >= 4 is 5.91 Å². The molecule has 1 saturated carbocycles. The lowest BCUT2D eigenvalue weighted by Crippen LogP contribution is -2.70. The highest BCUT2D eigenvalue weighted by atomic mass is 16.5. The minimum Gasteiger partial charge on any atom is -0.493 e. The molecular formula is C27H51N5O7. The van der Waals surface area contributed by atoms with Crippen LogP contribution in [-0.2, 0) is 14.3 Å². The van der Waals surface area contributed by atoms with Gasteiger partial charge in [0.1, 0.15) is 23.6 Å². The number of rotatable bonds is 11. The van der Waals surface area contributed by atoms with Gasteiger partial charge in [-0.05, 0) is 57.7 Å². The second kappa shape index (κ2) is 14.0. The van der Waals surface area contributed by atoms with E-state index in [0.29, 0.717) is 26.1 Å². The Bertz CT molecular complexity index is 830. The van der Waals surface area contributed by atoms with Crippen molar-refractivity contribution in [2.75, 3.05) is 39.8 Å². The molecule has 0 aromatic carbocycles. The molecule has 0 radical (unpaired) electrons. The van der Waals surface area contributed by atoms with Crippen molar-refractivity contribution < 1.29 is 34.7 Å². The van der Waals surface area contributed by atoms with E-state index in [-0.39, 0.29) is 43.4 Å². The summed E-state index contributed by atoms with van der Waals surface area (Å²) in [5, 5.41) is 53.6. The van der Waals surface area contributed by atoms with Crippen molar-refractivity contribution in [1.29, 1.82) is 0 Å². The van der Waals surface area contributed by atoms with E-state index in [9.17, 15) is 25.2 Å². The van der Waals surface area contributed by atoms with Crippen molar-refractivity contribution in [3.63, 3.8) is 0 Å². The summed E-state index contributed by atoms with van der Waals surface area (Å²) in [6.45, 7) is 7.53. The molecule has 226 valence electrons. The Labute approximate surface area is 231 Å². The van der Waals surface area contributed by atoms with Crippen molar-refractivity contribution in [3.8, 4) is 0 Å². The number of hydrogen-bond donors (Lipinski definition) is 9. The number of nitrogens with two attached hydrogens (primary N) is 2. The molecule has 2 fully saturated rings. The molecule has 3 rings (SSSR count). The smallest absolute Gasteiger partial charge is 0.249 e. The van der Waals surface area contributed by atoms with Gasteiger partial charge < -0.3 is 57.3 Å². The molecular weight excluding hydrogens is 506 g/mol. The molecule has 0 bridgehead atoms. The van der Waals surface area contributed by atoms with E-state index in [4.69, 9.17) is 20.9 Å². The van der Waals surface area contributed by atoms with Crippen LogP contribution in [0.4, 0.5) is 0 Å². The number of aliphatic hydroxyl groups excluding tert-OH is 3. The summed E-state index contributed by atoms with van der Waals surface area (Å²) < 4.78 is 12.5. The van der Waals surface area contributed by atoms with Crippen molar-refractivity contribution in [2.45, 2.75) is 88.2 Å². The highest BCUT2D eigenvalue weighted by Crippen LogP contribution is 2.45. The molecule has 3 aliphatic rings. The normalized spacial score (nSPS) is 41.8. The quantitative estimate of drug-likeness (QED) is 0.124. The lowest BCUT2D eigenvalue weighted by molar-refractivity contribution is -0.225.